The van der Waals surface area contributed by atoms with Crippen LogP contribution in [0.3, 0.4) is 0 Å². The number of rotatable bonds is 1. The van der Waals surface area contributed by atoms with Crippen LogP contribution in [0.15, 0.2) is 29.2 Å². The first-order valence-corrected chi connectivity index (χ1v) is 8.54. The van der Waals surface area contributed by atoms with E-state index in [0.29, 0.717) is 11.1 Å². The lowest BCUT2D eigenvalue weighted by atomic mass is 10.0. The number of carbonyl (C=O) groups excluding carboxylic acids is 1. The smallest absolute Gasteiger partial charge is 0.259 e. The Hall–Kier alpha value is -2.30. The zero-order valence-electron chi connectivity index (χ0n) is 14.6. The molecule has 1 aliphatic rings. The van der Waals surface area contributed by atoms with Gasteiger partial charge in [-0.15, -0.1) is 0 Å². The normalized spacial score (nSPS) is 15.7. The third-order valence-electron chi connectivity index (χ3n) is 4.66. The second kappa shape index (κ2) is 5.96. The van der Waals surface area contributed by atoms with E-state index in [1.807, 2.05) is 16.7 Å². The second-order valence-electron chi connectivity index (χ2n) is 7.51. The molecule has 1 aliphatic heterocycles. The van der Waals surface area contributed by atoms with Gasteiger partial charge >= 0.3 is 0 Å². The van der Waals surface area contributed by atoms with Gasteiger partial charge in [-0.2, -0.15) is 0 Å². The van der Waals surface area contributed by atoms with E-state index in [1.165, 1.54) is 0 Å². The SMILES string of the molecule is CC(C)(C)n1cc(C(=O)N2CCCCC2)c(=O)c2c(N)cccc21. The van der Waals surface area contributed by atoms with Crippen LogP contribution < -0.4 is 11.2 Å². The van der Waals surface area contributed by atoms with Gasteiger partial charge in [-0.3, -0.25) is 9.59 Å². The van der Waals surface area contributed by atoms with Crippen molar-refractivity contribution in [2.75, 3.05) is 18.8 Å². The van der Waals surface area contributed by atoms with Gasteiger partial charge in [0.05, 0.1) is 10.9 Å². The predicted octanol–water partition coefficient (Wildman–Crippen LogP) is 2.96. The number of nitrogens with two attached hydrogens (primary N) is 1. The minimum Gasteiger partial charge on any atom is -0.398 e. The number of piperidine rings is 1. The van der Waals surface area contributed by atoms with Crippen LogP contribution in [0, 0.1) is 0 Å². The highest BCUT2D eigenvalue weighted by atomic mass is 16.2. The van der Waals surface area contributed by atoms with Crippen LogP contribution in [0.2, 0.25) is 0 Å². The summed E-state index contributed by atoms with van der Waals surface area (Å²) in [5.41, 5.74) is 6.95. The summed E-state index contributed by atoms with van der Waals surface area (Å²) in [7, 11) is 0. The van der Waals surface area contributed by atoms with Crippen LogP contribution >= 0.6 is 0 Å². The zero-order chi connectivity index (χ0) is 17.5. The topological polar surface area (TPSA) is 68.3 Å². The first-order chi connectivity index (χ1) is 11.3. The maximum absolute atomic E-state index is 13.0. The zero-order valence-corrected chi connectivity index (χ0v) is 14.6. The van der Waals surface area contributed by atoms with E-state index in [0.717, 1.165) is 37.9 Å². The van der Waals surface area contributed by atoms with E-state index in [4.69, 9.17) is 5.73 Å². The summed E-state index contributed by atoms with van der Waals surface area (Å²) in [6.07, 6.45) is 4.84. The minimum atomic E-state index is -0.267. The molecule has 0 spiro atoms. The molecule has 5 heteroatoms. The fourth-order valence-corrected chi connectivity index (χ4v) is 3.37. The molecule has 1 aromatic carbocycles. The summed E-state index contributed by atoms with van der Waals surface area (Å²) in [4.78, 5) is 27.7. The molecule has 24 heavy (non-hydrogen) atoms. The molecular formula is C19H25N3O2. The maximum Gasteiger partial charge on any atom is 0.259 e. The fourth-order valence-electron chi connectivity index (χ4n) is 3.37. The van der Waals surface area contributed by atoms with Crippen molar-refractivity contribution in [2.24, 2.45) is 0 Å². The number of nitrogen functional groups attached to an aromatic ring is 1. The van der Waals surface area contributed by atoms with Gasteiger partial charge in [-0.05, 0) is 52.2 Å². The number of amides is 1. The fraction of sp³-hybridized carbons (Fsp3) is 0.474. The van der Waals surface area contributed by atoms with Gasteiger partial charge in [0.25, 0.3) is 5.91 Å². The molecule has 0 aliphatic carbocycles. The van der Waals surface area contributed by atoms with E-state index in [9.17, 15) is 9.59 Å². The third-order valence-corrected chi connectivity index (χ3v) is 4.66. The van der Waals surface area contributed by atoms with Crippen molar-refractivity contribution in [2.45, 2.75) is 45.6 Å². The standard InChI is InChI=1S/C19H25N3O2/c1-19(2,3)22-12-13(18(24)21-10-5-4-6-11-21)17(23)16-14(20)8-7-9-15(16)22/h7-9,12H,4-6,10-11,20H2,1-3H3. The van der Waals surface area contributed by atoms with E-state index in [-0.39, 0.29) is 22.4 Å². The van der Waals surface area contributed by atoms with Gasteiger partial charge in [0.15, 0.2) is 0 Å². The first-order valence-electron chi connectivity index (χ1n) is 8.54. The minimum absolute atomic E-state index is 0.178. The first kappa shape index (κ1) is 16.6. The molecule has 2 N–H and O–H groups in total. The average Bonchev–Trinajstić information content (AvgIpc) is 2.54. The van der Waals surface area contributed by atoms with E-state index < -0.39 is 0 Å². The van der Waals surface area contributed by atoms with Crippen LogP contribution in [0.1, 0.15) is 50.4 Å². The summed E-state index contributed by atoms with van der Waals surface area (Å²) < 4.78 is 1.98. The number of hydrogen-bond donors (Lipinski definition) is 1. The van der Waals surface area contributed by atoms with E-state index >= 15 is 0 Å². The second-order valence-corrected chi connectivity index (χ2v) is 7.51. The molecule has 1 aromatic heterocycles. The molecule has 0 radical (unpaired) electrons. The lowest BCUT2D eigenvalue weighted by Gasteiger charge is -2.29. The number of fused-ring (bicyclic) bond motifs is 1. The highest BCUT2D eigenvalue weighted by molar-refractivity contribution is 6.00. The van der Waals surface area contributed by atoms with Gasteiger partial charge in [-0.1, -0.05) is 6.07 Å². The Labute approximate surface area is 142 Å². The molecule has 0 saturated carbocycles. The van der Waals surface area contributed by atoms with Gasteiger partial charge in [-0.25, -0.2) is 0 Å². The average molecular weight is 327 g/mol. The summed E-state index contributed by atoms with van der Waals surface area (Å²) in [5.74, 6) is -0.178. The molecular weight excluding hydrogens is 302 g/mol. The van der Waals surface area contributed by atoms with Crippen LogP contribution in [0.25, 0.3) is 10.9 Å². The van der Waals surface area contributed by atoms with Gasteiger partial charge in [0.2, 0.25) is 5.43 Å². The van der Waals surface area contributed by atoms with Crippen molar-refractivity contribution < 1.29 is 4.79 Å². The lowest BCUT2D eigenvalue weighted by molar-refractivity contribution is 0.0722. The highest BCUT2D eigenvalue weighted by Crippen LogP contribution is 2.25. The molecule has 128 valence electrons. The van der Waals surface area contributed by atoms with E-state index in [1.54, 1.807) is 17.2 Å². The van der Waals surface area contributed by atoms with Crippen molar-refractivity contribution in [3.8, 4) is 0 Å². The molecule has 1 fully saturated rings. The van der Waals surface area contributed by atoms with Crippen LogP contribution in [0.5, 0.6) is 0 Å². The van der Waals surface area contributed by atoms with Gasteiger partial charge < -0.3 is 15.2 Å². The molecule has 2 heterocycles. The largest absolute Gasteiger partial charge is 0.398 e. The van der Waals surface area contributed by atoms with Crippen molar-refractivity contribution in [1.29, 1.82) is 0 Å². The summed E-state index contributed by atoms with van der Waals surface area (Å²) in [5, 5.41) is 0.440. The Bertz CT molecular complexity index is 840. The number of benzene rings is 1. The molecule has 1 saturated heterocycles. The van der Waals surface area contributed by atoms with Crippen LogP contribution in [-0.2, 0) is 5.54 Å². The number of aromatic nitrogens is 1. The Morgan fingerprint density at radius 2 is 1.79 bits per heavy atom. The van der Waals surface area contributed by atoms with Crippen molar-refractivity contribution >= 4 is 22.5 Å². The maximum atomic E-state index is 13.0. The number of pyridine rings is 1. The quantitative estimate of drug-likeness (QED) is 0.819. The van der Waals surface area contributed by atoms with Crippen LogP contribution in [0.4, 0.5) is 5.69 Å². The Kier molecular flexibility index (Phi) is 4.11. The van der Waals surface area contributed by atoms with Crippen LogP contribution in [-0.4, -0.2) is 28.5 Å². The Morgan fingerprint density at radius 1 is 1.12 bits per heavy atom. The number of hydrogen-bond acceptors (Lipinski definition) is 3. The molecule has 2 aromatic rings. The molecule has 1 amide bonds. The summed E-state index contributed by atoms with van der Waals surface area (Å²) >= 11 is 0. The van der Waals surface area contributed by atoms with Crippen molar-refractivity contribution in [1.82, 2.24) is 9.47 Å². The van der Waals surface area contributed by atoms with E-state index in [2.05, 4.69) is 20.8 Å². The van der Waals surface area contributed by atoms with Crippen molar-refractivity contribution in [3.05, 3.63) is 40.2 Å². The number of nitrogens with zero attached hydrogens (tertiary/aromatic N) is 2. The number of anilines is 1. The Balaban J connectivity index is 2.25. The Morgan fingerprint density at radius 3 is 2.42 bits per heavy atom. The molecule has 3 rings (SSSR count). The molecule has 5 nitrogen and oxygen atoms in total. The summed E-state index contributed by atoms with van der Waals surface area (Å²) in [6.45, 7) is 7.59. The van der Waals surface area contributed by atoms with Gasteiger partial charge in [0.1, 0.15) is 5.56 Å². The number of likely N-dealkylation sites (tertiary alicyclic amines) is 1. The molecule has 0 bridgehead atoms. The molecule has 0 atom stereocenters. The van der Waals surface area contributed by atoms with Gasteiger partial charge in [0, 0.05) is 30.5 Å². The number of carbonyl (C=O) groups is 1. The highest BCUT2D eigenvalue weighted by Gasteiger charge is 2.25. The van der Waals surface area contributed by atoms with Crippen molar-refractivity contribution in [3.63, 3.8) is 0 Å². The monoisotopic (exact) mass is 327 g/mol. The molecule has 0 unspecified atom stereocenters. The summed E-state index contributed by atoms with van der Waals surface area (Å²) in [6, 6.07) is 5.44. The predicted molar refractivity (Wildman–Crippen MR) is 97.4 cm³/mol. The third kappa shape index (κ3) is 2.79. The lowest BCUT2D eigenvalue weighted by Crippen LogP contribution is -2.39.